The predicted molar refractivity (Wildman–Crippen MR) is 164 cm³/mol. The SMILES string of the molecule is CC(=O)OCC(Cc1cccc(C#N)c1)C(CCc1ccccc1)NC(=O)c1ccc(-c2ccc3c(c2)OCCO3)cc1. The first-order valence-corrected chi connectivity index (χ1v) is 14.5. The Morgan fingerprint density at radius 3 is 2.33 bits per heavy atom. The van der Waals surface area contributed by atoms with Crippen molar-refractivity contribution < 1.29 is 23.8 Å². The quantitative estimate of drug-likeness (QED) is 0.216. The molecule has 43 heavy (non-hydrogen) atoms. The Labute approximate surface area is 252 Å². The zero-order valence-electron chi connectivity index (χ0n) is 24.1. The Bertz CT molecular complexity index is 1590. The van der Waals surface area contributed by atoms with Gasteiger partial charge in [0.1, 0.15) is 13.2 Å². The predicted octanol–water partition coefficient (Wildman–Crippen LogP) is 6.15. The highest BCUT2D eigenvalue weighted by molar-refractivity contribution is 5.95. The number of esters is 1. The summed E-state index contributed by atoms with van der Waals surface area (Å²) in [6, 6.07) is 32.7. The second-order valence-corrected chi connectivity index (χ2v) is 10.6. The van der Waals surface area contributed by atoms with E-state index in [9.17, 15) is 14.9 Å². The summed E-state index contributed by atoms with van der Waals surface area (Å²) < 4.78 is 16.8. The molecule has 0 bridgehead atoms. The van der Waals surface area contributed by atoms with Crippen LogP contribution in [0.2, 0.25) is 0 Å². The third-order valence-electron chi connectivity index (χ3n) is 7.55. The summed E-state index contributed by atoms with van der Waals surface area (Å²) in [4.78, 5) is 25.4. The fraction of sp³-hybridized carbons (Fsp3) is 0.250. The molecule has 0 aromatic heterocycles. The average molecular weight is 575 g/mol. The van der Waals surface area contributed by atoms with Crippen molar-refractivity contribution >= 4 is 11.9 Å². The standard InChI is InChI=1S/C36H34N2O5/c1-25(39)43-24-32(21-27-8-5-9-28(20-27)23-37)33(16-10-26-6-3-2-4-7-26)38-36(40)30-13-11-29(12-14-30)31-15-17-34-35(22-31)42-19-18-41-34/h2-9,11-15,17,20,22,32-33H,10,16,18-19,21,24H2,1H3,(H,38,40). The molecule has 1 amide bonds. The summed E-state index contributed by atoms with van der Waals surface area (Å²) in [6.45, 7) is 2.59. The van der Waals surface area contributed by atoms with Gasteiger partial charge in [0.15, 0.2) is 11.5 Å². The molecule has 0 radical (unpaired) electrons. The minimum absolute atomic E-state index is 0.148. The van der Waals surface area contributed by atoms with Crippen molar-refractivity contribution in [2.75, 3.05) is 19.8 Å². The first kappa shape index (κ1) is 29.4. The van der Waals surface area contributed by atoms with E-state index in [2.05, 4.69) is 23.5 Å². The number of carbonyl (C=O) groups is 2. The van der Waals surface area contributed by atoms with Crippen molar-refractivity contribution in [3.8, 4) is 28.7 Å². The van der Waals surface area contributed by atoms with Crippen LogP contribution in [0, 0.1) is 17.2 Å². The lowest BCUT2D eigenvalue weighted by Gasteiger charge is -2.28. The molecule has 2 atom stereocenters. The second kappa shape index (κ2) is 14.2. The van der Waals surface area contributed by atoms with Crippen LogP contribution >= 0.6 is 0 Å². The van der Waals surface area contributed by atoms with E-state index in [1.54, 1.807) is 6.07 Å². The van der Waals surface area contributed by atoms with Gasteiger partial charge in [0.2, 0.25) is 0 Å². The summed E-state index contributed by atoms with van der Waals surface area (Å²) in [7, 11) is 0. The number of aryl methyl sites for hydroxylation is 1. The molecule has 7 nitrogen and oxygen atoms in total. The van der Waals surface area contributed by atoms with E-state index < -0.39 is 0 Å². The first-order valence-electron chi connectivity index (χ1n) is 14.5. The van der Waals surface area contributed by atoms with Crippen LogP contribution in [0.1, 0.15) is 40.4 Å². The molecular weight excluding hydrogens is 540 g/mol. The highest BCUT2D eigenvalue weighted by Gasteiger charge is 2.26. The van der Waals surface area contributed by atoms with Gasteiger partial charge in [0, 0.05) is 24.4 Å². The van der Waals surface area contributed by atoms with Crippen LogP contribution in [0.25, 0.3) is 11.1 Å². The lowest BCUT2D eigenvalue weighted by atomic mass is 9.88. The highest BCUT2D eigenvalue weighted by atomic mass is 16.6. The molecule has 7 heteroatoms. The van der Waals surface area contributed by atoms with E-state index >= 15 is 0 Å². The van der Waals surface area contributed by atoms with Crippen molar-refractivity contribution in [3.05, 3.63) is 119 Å². The molecule has 4 aromatic carbocycles. The molecule has 0 fully saturated rings. The van der Waals surface area contributed by atoms with E-state index in [1.807, 2.05) is 78.9 Å². The molecule has 1 aliphatic rings. The zero-order chi connectivity index (χ0) is 30.0. The summed E-state index contributed by atoms with van der Waals surface area (Å²) in [6.07, 6.45) is 1.92. The van der Waals surface area contributed by atoms with Crippen LogP contribution < -0.4 is 14.8 Å². The number of nitrogens with zero attached hydrogens (tertiary/aromatic N) is 1. The number of fused-ring (bicyclic) bond motifs is 1. The van der Waals surface area contributed by atoms with Gasteiger partial charge in [-0.25, -0.2) is 0 Å². The van der Waals surface area contributed by atoms with Gasteiger partial charge in [-0.3, -0.25) is 9.59 Å². The molecule has 1 heterocycles. The maximum Gasteiger partial charge on any atom is 0.302 e. The smallest absolute Gasteiger partial charge is 0.302 e. The van der Waals surface area contributed by atoms with Gasteiger partial charge >= 0.3 is 5.97 Å². The molecule has 1 N–H and O–H groups in total. The highest BCUT2D eigenvalue weighted by Crippen LogP contribution is 2.34. The summed E-state index contributed by atoms with van der Waals surface area (Å²) in [5.41, 5.74) is 5.12. The van der Waals surface area contributed by atoms with Crippen LogP contribution in [0.5, 0.6) is 11.5 Å². The van der Waals surface area contributed by atoms with Crippen molar-refractivity contribution in [2.45, 2.75) is 32.2 Å². The molecular formula is C36H34N2O5. The van der Waals surface area contributed by atoms with Crippen LogP contribution in [-0.4, -0.2) is 37.7 Å². The van der Waals surface area contributed by atoms with Crippen molar-refractivity contribution in [1.82, 2.24) is 5.32 Å². The summed E-state index contributed by atoms with van der Waals surface area (Å²) >= 11 is 0. The molecule has 5 rings (SSSR count). The number of hydrogen-bond acceptors (Lipinski definition) is 6. The number of nitrogens with one attached hydrogen (secondary N) is 1. The van der Waals surface area contributed by atoms with Gasteiger partial charge < -0.3 is 19.5 Å². The number of ether oxygens (including phenoxy) is 3. The van der Waals surface area contributed by atoms with Crippen molar-refractivity contribution in [2.24, 2.45) is 5.92 Å². The van der Waals surface area contributed by atoms with E-state index in [0.717, 1.165) is 34.4 Å². The van der Waals surface area contributed by atoms with Gasteiger partial charge in [0.25, 0.3) is 5.91 Å². The molecule has 0 saturated heterocycles. The molecule has 0 spiro atoms. The molecule has 218 valence electrons. The fourth-order valence-corrected chi connectivity index (χ4v) is 5.29. The van der Waals surface area contributed by atoms with E-state index in [1.165, 1.54) is 6.92 Å². The number of amides is 1. The summed E-state index contributed by atoms with van der Waals surface area (Å²) in [5.74, 6) is 0.660. The Morgan fingerprint density at radius 1 is 0.860 bits per heavy atom. The number of hydrogen-bond donors (Lipinski definition) is 1. The number of benzene rings is 4. The van der Waals surface area contributed by atoms with Gasteiger partial charge in [0.05, 0.1) is 18.2 Å². The molecule has 1 aliphatic heterocycles. The molecule has 2 unspecified atom stereocenters. The Balaban J connectivity index is 1.36. The minimum atomic E-state index is -0.376. The Kier molecular flexibility index (Phi) is 9.71. The third kappa shape index (κ3) is 8.02. The largest absolute Gasteiger partial charge is 0.486 e. The van der Waals surface area contributed by atoms with Gasteiger partial charge in [-0.05, 0) is 77.9 Å². The monoisotopic (exact) mass is 574 g/mol. The van der Waals surface area contributed by atoms with Crippen LogP contribution in [0.4, 0.5) is 0 Å². The van der Waals surface area contributed by atoms with Crippen LogP contribution in [0.3, 0.4) is 0 Å². The van der Waals surface area contributed by atoms with Gasteiger partial charge in [-0.1, -0.05) is 60.7 Å². The van der Waals surface area contributed by atoms with Gasteiger partial charge in [-0.15, -0.1) is 0 Å². The number of rotatable bonds is 11. The van der Waals surface area contributed by atoms with Crippen molar-refractivity contribution in [3.63, 3.8) is 0 Å². The maximum absolute atomic E-state index is 13.6. The van der Waals surface area contributed by atoms with E-state index in [4.69, 9.17) is 14.2 Å². The first-order chi connectivity index (χ1) is 21.0. The topological polar surface area (TPSA) is 97.7 Å². The van der Waals surface area contributed by atoms with E-state index in [0.29, 0.717) is 42.9 Å². The number of nitriles is 1. The lowest BCUT2D eigenvalue weighted by molar-refractivity contribution is -0.142. The average Bonchev–Trinajstić information content (AvgIpc) is 3.05. The van der Waals surface area contributed by atoms with E-state index in [-0.39, 0.29) is 30.4 Å². The van der Waals surface area contributed by atoms with Crippen molar-refractivity contribution in [1.29, 1.82) is 5.26 Å². The molecule has 0 aliphatic carbocycles. The van der Waals surface area contributed by atoms with Gasteiger partial charge in [-0.2, -0.15) is 5.26 Å². The maximum atomic E-state index is 13.6. The second-order valence-electron chi connectivity index (χ2n) is 10.6. The number of carbonyl (C=O) groups excluding carboxylic acids is 2. The fourth-order valence-electron chi connectivity index (χ4n) is 5.29. The normalized spacial score (nSPS) is 13.3. The zero-order valence-corrected chi connectivity index (χ0v) is 24.1. The minimum Gasteiger partial charge on any atom is -0.486 e. The lowest BCUT2D eigenvalue weighted by Crippen LogP contribution is -2.43. The summed E-state index contributed by atoms with van der Waals surface area (Å²) in [5, 5.41) is 12.6. The van der Waals surface area contributed by atoms with Crippen LogP contribution in [0.15, 0.2) is 97.1 Å². The Hall–Kier alpha value is -5.09. The Morgan fingerprint density at radius 2 is 1.58 bits per heavy atom. The molecule has 4 aromatic rings. The third-order valence-corrected chi connectivity index (χ3v) is 7.55. The van der Waals surface area contributed by atoms with Crippen LogP contribution in [-0.2, 0) is 22.4 Å². The molecule has 0 saturated carbocycles.